The zero-order valence-electron chi connectivity index (χ0n) is 9.77. The second kappa shape index (κ2) is 6.51. The predicted octanol–water partition coefficient (Wildman–Crippen LogP) is 1.31. The van der Waals surface area contributed by atoms with Crippen LogP contribution in [0.5, 0.6) is 5.75 Å². The molecule has 0 heterocycles. The lowest BCUT2D eigenvalue weighted by atomic mass is 10.2. The number of carbonyl (C=O) groups excluding carboxylic acids is 1. The van der Waals surface area contributed by atoms with Crippen LogP contribution < -0.4 is 10.1 Å². The van der Waals surface area contributed by atoms with E-state index in [-0.39, 0.29) is 12.5 Å². The molecule has 0 aliphatic rings. The van der Waals surface area contributed by atoms with E-state index in [1.165, 1.54) is 7.11 Å². The zero-order chi connectivity index (χ0) is 12.7. The van der Waals surface area contributed by atoms with Gasteiger partial charge in [-0.25, -0.2) is 0 Å². The molecule has 0 aliphatic heterocycles. The number of rotatable bonds is 5. The molecule has 1 aromatic carbocycles. The van der Waals surface area contributed by atoms with Crippen molar-refractivity contribution in [3.8, 4) is 11.8 Å². The lowest BCUT2D eigenvalue weighted by Gasteiger charge is -2.13. The third-order valence-corrected chi connectivity index (χ3v) is 2.06. The van der Waals surface area contributed by atoms with Gasteiger partial charge in [0.1, 0.15) is 18.6 Å². The number of hydrogen-bond donors (Lipinski definition) is 1. The van der Waals surface area contributed by atoms with Gasteiger partial charge in [-0.05, 0) is 25.1 Å². The number of nitriles is 1. The van der Waals surface area contributed by atoms with Gasteiger partial charge in [-0.3, -0.25) is 4.79 Å². The number of carbonyl (C=O) groups is 1. The van der Waals surface area contributed by atoms with E-state index >= 15 is 0 Å². The van der Waals surface area contributed by atoms with Gasteiger partial charge in [0, 0.05) is 5.56 Å². The minimum absolute atomic E-state index is 0.0560. The highest BCUT2D eigenvalue weighted by molar-refractivity contribution is 5.94. The molecule has 0 fully saturated rings. The van der Waals surface area contributed by atoms with Crippen LogP contribution in [0.3, 0.4) is 0 Å². The van der Waals surface area contributed by atoms with Crippen molar-refractivity contribution in [1.29, 1.82) is 5.26 Å². The van der Waals surface area contributed by atoms with Crippen LogP contribution in [0.2, 0.25) is 0 Å². The number of ether oxygens (including phenoxy) is 2. The van der Waals surface area contributed by atoms with E-state index in [4.69, 9.17) is 14.7 Å². The second-order valence-corrected chi connectivity index (χ2v) is 3.32. The molecule has 0 saturated heterocycles. The molecule has 17 heavy (non-hydrogen) atoms. The first-order valence-corrected chi connectivity index (χ1v) is 5.11. The van der Waals surface area contributed by atoms with Gasteiger partial charge in [-0.2, -0.15) is 5.26 Å². The number of benzene rings is 1. The summed E-state index contributed by atoms with van der Waals surface area (Å²) in [5.41, 5.74) is 0.483. The Balaban J connectivity index is 2.60. The minimum atomic E-state index is -0.506. The Morgan fingerprint density at radius 1 is 1.59 bits per heavy atom. The van der Waals surface area contributed by atoms with Gasteiger partial charge in [0.25, 0.3) is 5.91 Å². The molecule has 0 bridgehead atoms. The average Bonchev–Trinajstić information content (AvgIpc) is 2.36. The molecule has 1 amide bonds. The summed E-state index contributed by atoms with van der Waals surface area (Å²) in [7, 11) is 1.54. The van der Waals surface area contributed by atoms with Crippen LogP contribution in [0.1, 0.15) is 17.3 Å². The largest absolute Gasteiger partial charge is 0.497 e. The van der Waals surface area contributed by atoms with Crippen molar-refractivity contribution in [2.45, 2.75) is 13.2 Å². The van der Waals surface area contributed by atoms with Crippen LogP contribution >= 0.6 is 0 Å². The Morgan fingerprint density at radius 3 is 3.00 bits per heavy atom. The van der Waals surface area contributed by atoms with Crippen LogP contribution in [-0.2, 0) is 4.74 Å². The van der Waals surface area contributed by atoms with Crippen molar-refractivity contribution in [2.75, 3.05) is 13.7 Å². The van der Waals surface area contributed by atoms with E-state index in [0.29, 0.717) is 11.3 Å². The Bertz CT molecular complexity index is 426. The van der Waals surface area contributed by atoms with Gasteiger partial charge in [-0.15, -0.1) is 0 Å². The molecule has 1 atom stereocenters. The minimum Gasteiger partial charge on any atom is -0.497 e. The molecular formula is C12H14N2O3. The Hall–Kier alpha value is -2.06. The van der Waals surface area contributed by atoms with Gasteiger partial charge >= 0.3 is 0 Å². The van der Waals surface area contributed by atoms with Crippen LogP contribution in [0.15, 0.2) is 24.3 Å². The maximum Gasteiger partial charge on any atom is 0.253 e. The number of nitrogens with zero attached hydrogens (tertiary/aromatic N) is 1. The zero-order valence-corrected chi connectivity index (χ0v) is 9.77. The normalized spacial score (nSPS) is 11.4. The van der Waals surface area contributed by atoms with E-state index < -0.39 is 6.23 Å². The Morgan fingerprint density at radius 2 is 2.35 bits per heavy atom. The topological polar surface area (TPSA) is 71.3 Å². The van der Waals surface area contributed by atoms with Gasteiger partial charge < -0.3 is 14.8 Å². The lowest BCUT2D eigenvalue weighted by Crippen LogP contribution is -2.34. The van der Waals surface area contributed by atoms with Crippen molar-refractivity contribution in [1.82, 2.24) is 5.32 Å². The maximum atomic E-state index is 11.8. The molecule has 0 aliphatic carbocycles. The molecule has 0 spiro atoms. The summed E-state index contributed by atoms with van der Waals surface area (Å²) >= 11 is 0. The summed E-state index contributed by atoms with van der Waals surface area (Å²) in [4.78, 5) is 11.8. The van der Waals surface area contributed by atoms with Crippen molar-refractivity contribution in [3.63, 3.8) is 0 Å². The molecule has 0 saturated carbocycles. The van der Waals surface area contributed by atoms with E-state index in [1.807, 2.05) is 6.07 Å². The van der Waals surface area contributed by atoms with Crippen molar-refractivity contribution in [2.24, 2.45) is 0 Å². The Labute approximate surface area is 100.0 Å². The Kier molecular flexibility index (Phi) is 4.98. The molecule has 1 aromatic rings. The first-order valence-electron chi connectivity index (χ1n) is 5.11. The van der Waals surface area contributed by atoms with Gasteiger partial charge in [0.05, 0.1) is 13.2 Å². The number of methoxy groups -OCH3 is 1. The van der Waals surface area contributed by atoms with Crippen molar-refractivity contribution in [3.05, 3.63) is 29.8 Å². The molecule has 0 aromatic heterocycles. The smallest absolute Gasteiger partial charge is 0.253 e. The summed E-state index contributed by atoms with van der Waals surface area (Å²) in [6.45, 7) is 1.61. The quantitative estimate of drug-likeness (QED) is 0.780. The van der Waals surface area contributed by atoms with Crippen molar-refractivity contribution >= 4 is 5.91 Å². The van der Waals surface area contributed by atoms with Crippen LogP contribution in [0, 0.1) is 11.3 Å². The standard InChI is InChI=1S/C12H14N2O3/c1-9(17-7-6-13)14-12(15)10-4-3-5-11(8-10)16-2/h3-5,8-9H,7H2,1-2H3,(H,14,15). The van der Waals surface area contributed by atoms with Gasteiger partial charge in [0.2, 0.25) is 0 Å². The molecule has 1 N–H and O–H groups in total. The highest BCUT2D eigenvalue weighted by atomic mass is 16.5. The van der Waals surface area contributed by atoms with E-state index in [0.717, 1.165) is 0 Å². The molecule has 90 valence electrons. The molecule has 5 heteroatoms. The van der Waals surface area contributed by atoms with Crippen molar-refractivity contribution < 1.29 is 14.3 Å². The highest BCUT2D eigenvalue weighted by Crippen LogP contribution is 2.12. The van der Waals surface area contributed by atoms with E-state index in [2.05, 4.69) is 5.32 Å². The SMILES string of the molecule is COc1cccc(C(=O)NC(C)OCC#N)c1. The number of amides is 1. The fraction of sp³-hybridized carbons (Fsp3) is 0.333. The van der Waals surface area contributed by atoms with E-state index in [1.54, 1.807) is 31.2 Å². The predicted molar refractivity (Wildman–Crippen MR) is 61.5 cm³/mol. The highest BCUT2D eigenvalue weighted by Gasteiger charge is 2.10. The van der Waals surface area contributed by atoms with E-state index in [9.17, 15) is 4.79 Å². The molecule has 5 nitrogen and oxygen atoms in total. The summed E-state index contributed by atoms with van der Waals surface area (Å²) in [5, 5.41) is 10.9. The van der Waals surface area contributed by atoms with Crippen LogP contribution in [0.25, 0.3) is 0 Å². The maximum absolute atomic E-state index is 11.8. The lowest BCUT2D eigenvalue weighted by molar-refractivity contribution is 0.0536. The third-order valence-electron chi connectivity index (χ3n) is 2.06. The fourth-order valence-corrected chi connectivity index (χ4v) is 1.24. The first kappa shape index (κ1) is 13.0. The summed E-state index contributed by atoms with van der Waals surface area (Å²) in [6.07, 6.45) is -0.506. The monoisotopic (exact) mass is 234 g/mol. The van der Waals surface area contributed by atoms with Crippen LogP contribution in [0.4, 0.5) is 0 Å². The number of nitrogens with one attached hydrogen (secondary N) is 1. The molecular weight excluding hydrogens is 220 g/mol. The number of hydrogen-bond acceptors (Lipinski definition) is 4. The second-order valence-electron chi connectivity index (χ2n) is 3.32. The fourth-order valence-electron chi connectivity index (χ4n) is 1.24. The first-order chi connectivity index (χ1) is 8.17. The molecule has 0 radical (unpaired) electrons. The molecule has 1 rings (SSSR count). The molecule has 1 unspecified atom stereocenters. The van der Waals surface area contributed by atoms with Gasteiger partial charge in [-0.1, -0.05) is 6.07 Å². The van der Waals surface area contributed by atoms with Gasteiger partial charge in [0.15, 0.2) is 0 Å². The average molecular weight is 234 g/mol. The third kappa shape index (κ3) is 4.13. The van der Waals surface area contributed by atoms with Crippen LogP contribution in [-0.4, -0.2) is 25.9 Å². The summed E-state index contributed by atoms with van der Waals surface area (Å²) in [6, 6.07) is 8.63. The summed E-state index contributed by atoms with van der Waals surface area (Å²) < 4.78 is 10.0. The summed E-state index contributed by atoms with van der Waals surface area (Å²) in [5.74, 6) is 0.345.